The van der Waals surface area contributed by atoms with Crippen molar-refractivity contribution in [3.63, 3.8) is 0 Å². The van der Waals surface area contributed by atoms with Gasteiger partial charge in [0.15, 0.2) is 0 Å². The Balaban J connectivity index is 1.72. The van der Waals surface area contributed by atoms with Crippen molar-refractivity contribution in [2.24, 2.45) is 0 Å². The van der Waals surface area contributed by atoms with Crippen LogP contribution < -0.4 is 5.32 Å². The van der Waals surface area contributed by atoms with Gasteiger partial charge in [0.25, 0.3) is 0 Å². The number of hydrogen-bond acceptors (Lipinski definition) is 1. The van der Waals surface area contributed by atoms with E-state index in [-0.39, 0.29) is 6.03 Å². The number of benzene rings is 2. The lowest BCUT2D eigenvalue weighted by Crippen LogP contribution is -2.38. The monoisotopic (exact) mass is 300 g/mol. The van der Waals surface area contributed by atoms with Crippen LogP contribution in [0.2, 0.25) is 5.02 Å². The summed E-state index contributed by atoms with van der Waals surface area (Å²) in [5.41, 5.74) is 4.34. The summed E-state index contributed by atoms with van der Waals surface area (Å²) >= 11 is 5.94. The van der Waals surface area contributed by atoms with Crippen molar-refractivity contribution >= 4 is 23.3 Å². The first-order chi connectivity index (χ1) is 10.1. The first-order valence-electron chi connectivity index (χ1n) is 7.02. The number of fused-ring (bicyclic) bond motifs is 1. The van der Waals surface area contributed by atoms with Gasteiger partial charge in [0.05, 0.1) is 0 Å². The number of anilines is 1. The van der Waals surface area contributed by atoms with Crippen LogP contribution in [-0.4, -0.2) is 17.5 Å². The van der Waals surface area contributed by atoms with E-state index in [4.69, 9.17) is 11.6 Å². The molecule has 0 saturated heterocycles. The van der Waals surface area contributed by atoms with E-state index in [1.807, 2.05) is 36.1 Å². The second-order valence-electron chi connectivity index (χ2n) is 5.33. The van der Waals surface area contributed by atoms with Crippen molar-refractivity contribution < 1.29 is 4.79 Å². The van der Waals surface area contributed by atoms with Crippen LogP contribution in [-0.2, 0) is 13.0 Å². The van der Waals surface area contributed by atoms with Crippen molar-refractivity contribution in [3.8, 4) is 0 Å². The largest absolute Gasteiger partial charge is 0.322 e. The van der Waals surface area contributed by atoms with Crippen LogP contribution in [0.5, 0.6) is 0 Å². The molecule has 0 aromatic heterocycles. The summed E-state index contributed by atoms with van der Waals surface area (Å²) in [6, 6.07) is 13.7. The molecule has 1 aliphatic heterocycles. The van der Waals surface area contributed by atoms with Crippen molar-refractivity contribution in [2.75, 3.05) is 11.9 Å². The summed E-state index contributed by atoms with van der Waals surface area (Å²) < 4.78 is 0. The molecule has 2 aromatic rings. The maximum Gasteiger partial charge on any atom is 0.322 e. The minimum absolute atomic E-state index is 0.0603. The molecule has 0 spiro atoms. The molecule has 0 saturated carbocycles. The number of hydrogen-bond donors (Lipinski definition) is 1. The van der Waals surface area contributed by atoms with Crippen molar-refractivity contribution in [3.05, 3.63) is 64.2 Å². The summed E-state index contributed by atoms with van der Waals surface area (Å²) in [4.78, 5) is 14.2. The van der Waals surface area contributed by atoms with Gasteiger partial charge >= 0.3 is 6.03 Å². The lowest BCUT2D eigenvalue weighted by atomic mass is 10.0. The van der Waals surface area contributed by atoms with Gasteiger partial charge in [-0.2, -0.15) is 0 Å². The fourth-order valence-electron chi connectivity index (χ4n) is 2.63. The first kappa shape index (κ1) is 14.0. The smallest absolute Gasteiger partial charge is 0.320 e. The van der Waals surface area contributed by atoms with Crippen LogP contribution in [0.15, 0.2) is 42.5 Å². The highest BCUT2D eigenvalue weighted by atomic mass is 35.5. The zero-order valence-corrected chi connectivity index (χ0v) is 12.7. The first-order valence-corrected chi connectivity index (χ1v) is 7.40. The van der Waals surface area contributed by atoms with Crippen LogP contribution in [0.3, 0.4) is 0 Å². The Kier molecular flexibility index (Phi) is 3.84. The third-order valence-electron chi connectivity index (χ3n) is 3.85. The standard InChI is InChI=1S/C17H17ClN2O/c1-12-10-15(18)6-7-16(12)19-17(21)20-9-8-13-4-2-3-5-14(13)11-20/h2-7,10H,8-9,11H2,1H3,(H,19,21). The number of aryl methyl sites for hydroxylation is 1. The second-order valence-corrected chi connectivity index (χ2v) is 5.77. The molecule has 4 heteroatoms. The molecule has 2 aromatic carbocycles. The zero-order valence-electron chi connectivity index (χ0n) is 11.9. The highest BCUT2D eigenvalue weighted by Crippen LogP contribution is 2.22. The molecule has 108 valence electrons. The molecule has 3 rings (SSSR count). The van der Waals surface area contributed by atoms with E-state index < -0.39 is 0 Å². The van der Waals surface area contributed by atoms with E-state index >= 15 is 0 Å². The molecule has 0 unspecified atom stereocenters. The Morgan fingerprint density at radius 2 is 1.95 bits per heavy atom. The Morgan fingerprint density at radius 1 is 1.19 bits per heavy atom. The molecule has 1 aliphatic rings. The average Bonchev–Trinajstić information content (AvgIpc) is 2.49. The van der Waals surface area contributed by atoms with Gasteiger partial charge in [-0.3, -0.25) is 0 Å². The van der Waals surface area contributed by atoms with Crippen LogP contribution >= 0.6 is 11.6 Å². The van der Waals surface area contributed by atoms with Gasteiger partial charge in [-0.25, -0.2) is 4.79 Å². The normalized spacial score (nSPS) is 13.7. The zero-order chi connectivity index (χ0) is 14.8. The molecule has 1 N–H and O–H groups in total. The Labute approximate surface area is 129 Å². The molecule has 0 radical (unpaired) electrons. The van der Waals surface area contributed by atoms with Crippen LogP contribution in [0, 0.1) is 6.92 Å². The Hall–Kier alpha value is -2.00. The molecule has 0 aliphatic carbocycles. The highest BCUT2D eigenvalue weighted by molar-refractivity contribution is 6.30. The second kappa shape index (κ2) is 5.78. The number of carbonyl (C=O) groups is 1. The van der Waals surface area contributed by atoms with Crippen molar-refractivity contribution in [1.82, 2.24) is 4.90 Å². The van der Waals surface area contributed by atoms with Crippen LogP contribution in [0.1, 0.15) is 16.7 Å². The highest BCUT2D eigenvalue weighted by Gasteiger charge is 2.20. The summed E-state index contributed by atoms with van der Waals surface area (Å²) in [5.74, 6) is 0. The molecule has 0 atom stereocenters. The molecule has 0 bridgehead atoms. The number of halogens is 1. The van der Waals surface area contributed by atoms with Crippen LogP contribution in [0.25, 0.3) is 0 Å². The van der Waals surface area contributed by atoms with Crippen molar-refractivity contribution in [2.45, 2.75) is 19.9 Å². The van der Waals surface area contributed by atoms with E-state index in [9.17, 15) is 4.79 Å². The molecule has 1 heterocycles. The fraction of sp³-hybridized carbons (Fsp3) is 0.235. The van der Waals surface area contributed by atoms with Gasteiger partial charge < -0.3 is 10.2 Å². The summed E-state index contributed by atoms with van der Waals surface area (Å²) in [7, 11) is 0. The number of nitrogens with zero attached hydrogens (tertiary/aromatic N) is 1. The van der Waals surface area contributed by atoms with E-state index in [1.165, 1.54) is 11.1 Å². The minimum atomic E-state index is -0.0603. The maximum atomic E-state index is 12.4. The topological polar surface area (TPSA) is 32.3 Å². The third-order valence-corrected chi connectivity index (χ3v) is 4.08. The molecule has 3 nitrogen and oxygen atoms in total. The SMILES string of the molecule is Cc1cc(Cl)ccc1NC(=O)N1CCc2ccccc2C1. The number of carbonyl (C=O) groups excluding carboxylic acids is 1. The van der Waals surface area contributed by atoms with Gasteiger partial charge in [0, 0.05) is 23.8 Å². The molecule has 21 heavy (non-hydrogen) atoms. The number of nitrogens with one attached hydrogen (secondary N) is 1. The minimum Gasteiger partial charge on any atom is -0.320 e. The maximum absolute atomic E-state index is 12.4. The molecular formula is C17H17ClN2O. The predicted octanol–water partition coefficient (Wildman–Crippen LogP) is 4.24. The van der Waals surface area contributed by atoms with Gasteiger partial charge in [0.2, 0.25) is 0 Å². The quantitative estimate of drug-likeness (QED) is 0.839. The number of urea groups is 1. The van der Waals surface area contributed by atoms with E-state index in [2.05, 4.69) is 17.4 Å². The number of rotatable bonds is 1. The molecular weight excluding hydrogens is 284 g/mol. The summed E-state index contributed by atoms with van der Waals surface area (Å²) in [6.45, 7) is 3.34. The van der Waals surface area contributed by atoms with Gasteiger partial charge in [-0.15, -0.1) is 0 Å². The Morgan fingerprint density at radius 3 is 2.71 bits per heavy atom. The third kappa shape index (κ3) is 3.03. The summed E-state index contributed by atoms with van der Waals surface area (Å²) in [5, 5.41) is 3.64. The van der Waals surface area contributed by atoms with Gasteiger partial charge in [-0.1, -0.05) is 35.9 Å². The number of amides is 2. The fourth-order valence-corrected chi connectivity index (χ4v) is 2.86. The average molecular weight is 301 g/mol. The predicted molar refractivity (Wildman–Crippen MR) is 85.8 cm³/mol. The molecule has 0 fully saturated rings. The van der Waals surface area contributed by atoms with Gasteiger partial charge in [0.1, 0.15) is 0 Å². The van der Waals surface area contributed by atoms with E-state index in [1.54, 1.807) is 6.07 Å². The molecule has 2 amide bonds. The lowest BCUT2D eigenvalue weighted by Gasteiger charge is -2.29. The van der Waals surface area contributed by atoms with Crippen molar-refractivity contribution in [1.29, 1.82) is 0 Å². The lowest BCUT2D eigenvalue weighted by molar-refractivity contribution is 0.206. The van der Waals surface area contributed by atoms with E-state index in [0.717, 1.165) is 24.2 Å². The Bertz CT molecular complexity index is 684. The van der Waals surface area contributed by atoms with E-state index in [0.29, 0.717) is 11.6 Å². The van der Waals surface area contributed by atoms with Crippen LogP contribution in [0.4, 0.5) is 10.5 Å². The summed E-state index contributed by atoms with van der Waals surface area (Å²) in [6.07, 6.45) is 0.906. The van der Waals surface area contributed by atoms with Gasteiger partial charge in [-0.05, 0) is 48.2 Å².